The third kappa shape index (κ3) is 4.53. The van der Waals surface area contributed by atoms with Crippen LogP contribution < -0.4 is 10.6 Å². The van der Waals surface area contributed by atoms with Crippen LogP contribution in [0.1, 0.15) is 0 Å². The molecular formula is C18H28N2O10. The van der Waals surface area contributed by atoms with E-state index in [9.17, 15) is 40.9 Å². The largest absolute Gasteiger partial charge is 0.394 e. The van der Waals surface area contributed by atoms with E-state index < -0.39 is 74.5 Å². The Labute approximate surface area is 171 Å². The van der Waals surface area contributed by atoms with Crippen LogP contribution in [0.25, 0.3) is 0 Å². The average Bonchev–Trinajstić information content (AvgIpc) is 2.75. The molecule has 0 aliphatic carbocycles. The lowest BCUT2D eigenvalue weighted by Gasteiger charge is -2.42. The minimum atomic E-state index is -1.56. The van der Waals surface area contributed by atoms with Gasteiger partial charge in [0.2, 0.25) is 0 Å². The van der Waals surface area contributed by atoms with Crippen LogP contribution in [0.4, 0.5) is 11.4 Å². The van der Waals surface area contributed by atoms with E-state index in [0.29, 0.717) is 11.4 Å². The minimum absolute atomic E-state index is 0.346. The molecule has 2 saturated heterocycles. The maximum absolute atomic E-state index is 10.2. The number of anilines is 2. The van der Waals surface area contributed by atoms with Crippen molar-refractivity contribution in [2.24, 2.45) is 0 Å². The first-order chi connectivity index (χ1) is 14.3. The van der Waals surface area contributed by atoms with Gasteiger partial charge in [-0.1, -0.05) is 12.1 Å². The predicted molar refractivity (Wildman–Crippen MR) is 101 cm³/mol. The molecule has 2 fully saturated rings. The second-order valence-electron chi connectivity index (χ2n) is 7.33. The lowest BCUT2D eigenvalue weighted by molar-refractivity contribution is -0.222. The molecule has 0 spiro atoms. The average molecular weight is 432 g/mol. The summed E-state index contributed by atoms with van der Waals surface area (Å²) < 4.78 is 10.9. The fourth-order valence-corrected chi connectivity index (χ4v) is 3.48. The molecule has 170 valence electrons. The number of ether oxygens (including phenoxy) is 2. The molecule has 2 aliphatic rings. The molecule has 0 amide bonds. The molecule has 0 bridgehead atoms. The van der Waals surface area contributed by atoms with E-state index in [1.807, 2.05) is 0 Å². The van der Waals surface area contributed by atoms with Gasteiger partial charge in [0.25, 0.3) is 0 Å². The molecule has 2 heterocycles. The Bertz CT molecular complexity index is 636. The van der Waals surface area contributed by atoms with Gasteiger partial charge in [-0.3, -0.25) is 0 Å². The molecule has 0 aromatic heterocycles. The zero-order chi connectivity index (χ0) is 22.0. The number of benzene rings is 1. The van der Waals surface area contributed by atoms with Gasteiger partial charge in [0.15, 0.2) is 12.5 Å². The maximum atomic E-state index is 10.2. The van der Waals surface area contributed by atoms with Gasteiger partial charge in [-0.05, 0) is 12.1 Å². The van der Waals surface area contributed by atoms with Crippen molar-refractivity contribution in [3.05, 3.63) is 24.3 Å². The van der Waals surface area contributed by atoms with Crippen molar-refractivity contribution in [2.75, 3.05) is 23.8 Å². The monoisotopic (exact) mass is 432 g/mol. The Balaban J connectivity index is 1.76. The Morgan fingerprint density at radius 3 is 1.30 bits per heavy atom. The second kappa shape index (κ2) is 9.70. The van der Waals surface area contributed by atoms with Gasteiger partial charge in [0.1, 0.15) is 48.8 Å². The number of hydrogen-bond donors (Lipinski definition) is 10. The number of aliphatic hydroxyl groups is 8. The van der Waals surface area contributed by atoms with Gasteiger partial charge in [0, 0.05) is 0 Å². The number of hydrogen-bond acceptors (Lipinski definition) is 12. The van der Waals surface area contributed by atoms with Gasteiger partial charge in [-0.15, -0.1) is 0 Å². The summed E-state index contributed by atoms with van der Waals surface area (Å²) >= 11 is 0. The SMILES string of the molecule is OC[C@@H]1O[C@H](Nc2ccccc2N[C@@H]2O[C@H](CO)[C@H](O)[C@H](O)[C@@H]2O)[C@H](O)[C@@H](O)[C@H]1O. The summed E-state index contributed by atoms with van der Waals surface area (Å²) in [6.07, 6.45) is -13.7. The lowest BCUT2D eigenvalue weighted by Crippen LogP contribution is -2.61. The Morgan fingerprint density at radius 1 is 0.600 bits per heavy atom. The fourth-order valence-electron chi connectivity index (χ4n) is 3.48. The molecule has 10 atom stereocenters. The highest BCUT2D eigenvalue weighted by atomic mass is 16.6. The molecule has 0 radical (unpaired) electrons. The minimum Gasteiger partial charge on any atom is -0.394 e. The maximum Gasteiger partial charge on any atom is 0.157 e. The van der Waals surface area contributed by atoms with Crippen LogP contribution in [0, 0.1) is 0 Å². The van der Waals surface area contributed by atoms with Crippen molar-refractivity contribution in [1.29, 1.82) is 0 Å². The predicted octanol–water partition coefficient (Wildman–Crippen LogP) is -3.89. The topological polar surface area (TPSA) is 204 Å². The summed E-state index contributed by atoms with van der Waals surface area (Å²) in [4.78, 5) is 0. The second-order valence-corrected chi connectivity index (χ2v) is 7.33. The third-order valence-electron chi connectivity index (χ3n) is 5.31. The van der Waals surface area contributed by atoms with E-state index in [1.54, 1.807) is 24.3 Å². The first-order valence-corrected chi connectivity index (χ1v) is 9.51. The molecule has 12 heteroatoms. The quantitative estimate of drug-likeness (QED) is 0.210. The molecule has 12 nitrogen and oxygen atoms in total. The Kier molecular flexibility index (Phi) is 7.47. The van der Waals surface area contributed by atoms with Crippen LogP contribution in [0.5, 0.6) is 0 Å². The first-order valence-electron chi connectivity index (χ1n) is 9.51. The van der Waals surface area contributed by atoms with Crippen LogP contribution in [0.15, 0.2) is 24.3 Å². The summed E-state index contributed by atoms with van der Waals surface area (Å²) in [5, 5.41) is 84.4. The highest BCUT2D eigenvalue weighted by molar-refractivity contribution is 5.69. The van der Waals surface area contributed by atoms with Crippen molar-refractivity contribution in [3.8, 4) is 0 Å². The lowest BCUT2D eigenvalue weighted by atomic mass is 9.98. The Morgan fingerprint density at radius 2 is 0.967 bits per heavy atom. The van der Waals surface area contributed by atoms with E-state index in [2.05, 4.69) is 10.6 Å². The van der Waals surface area contributed by atoms with Crippen LogP contribution in [0.3, 0.4) is 0 Å². The molecule has 1 aromatic carbocycles. The van der Waals surface area contributed by atoms with Crippen molar-refractivity contribution < 1.29 is 50.3 Å². The Hall–Kier alpha value is -1.58. The van der Waals surface area contributed by atoms with Crippen LogP contribution in [-0.2, 0) is 9.47 Å². The smallest absolute Gasteiger partial charge is 0.157 e. The van der Waals surface area contributed by atoms with Crippen molar-refractivity contribution in [1.82, 2.24) is 0 Å². The number of rotatable bonds is 6. The summed E-state index contributed by atoms with van der Waals surface area (Å²) in [5.74, 6) is 0. The number of aliphatic hydroxyl groups excluding tert-OH is 8. The molecule has 1 aromatic rings. The summed E-state index contributed by atoms with van der Waals surface area (Å²) in [6, 6.07) is 6.50. The fraction of sp³-hybridized carbons (Fsp3) is 0.667. The van der Waals surface area contributed by atoms with Crippen molar-refractivity contribution in [3.63, 3.8) is 0 Å². The summed E-state index contributed by atoms with van der Waals surface area (Å²) in [5.41, 5.74) is 0.692. The van der Waals surface area contributed by atoms with E-state index in [-0.39, 0.29) is 0 Å². The van der Waals surface area contributed by atoms with Gasteiger partial charge in [-0.25, -0.2) is 0 Å². The molecule has 0 saturated carbocycles. The molecule has 30 heavy (non-hydrogen) atoms. The highest BCUT2D eigenvalue weighted by Crippen LogP contribution is 2.30. The van der Waals surface area contributed by atoms with Gasteiger partial charge >= 0.3 is 0 Å². The molecular weight excluding hydrogens is 404 g/mol. The van der Waals surface area contributed by atoms with Gasteiger partial charge in [0.05, 0.1) is 24.6 Å². The van der Waals surface area contributed by atoms with E-state index in [0.717, 1.165) is 0 Å². The van der Waals surface area contributed by atoms with Crippen molar-refractivity contribution >= 4 is 11.4 Å². The molecule has 10 N–H and O–H groups in total. The van der Waals surface area contributed by atoms with Gasteiger partial charge in [-0.2, -0.15) is 0 Å². The highest BCUT2D eigenvalue weighted by Gasteiger charge is 2.45. The zero-order valence-electron chi connectivity index (χ0n) is 15.9. The van der Waals surface area contributed by atoms with Crippen LogP contribution in [-0.4, -0.2) is 115 Å². The van der Waals surface area contributed by atoms with E-state index >= 15 is 0 Å². The normalized spacial score (nSPS) is 42.0. The molecule has 2 aliphatic heterocycles. The third-order valence-corrected chi connectivity index (χ3v) is 5.31. The summed E-state index contributed by atoms with van der Waals surface area (Å²) in [6.45, 7) is -1.15. The van der Waals surface area contributed by atoms with Gasteiger partial charge < -0.3 is 61.0 Å². The van der Waals surface area contributed by atoms with E-state index in [4.69, 9.17) is 9.47 Å². The first kappa shape index (κ1) is 23.1. The number of para-hydroxylation sites is 2. The van der Waals surface area contributed by atoms with E-state index in [1.165, 1.54) is 0 Å². The van der Waals surface area contributed by atoms with Crippen molar-refractivity contribution in [2.45, 2.75) is 61.3 Å². The molecule has 0 unspecified atom stereocenters. The summed E-state index contributed by atoms with van der Waals surface area (Å²) in [7, 11) is 0. The molecule has 3 rings (SSSR count). The standard InChI is InChI=1S/C18H28N2O10/c21-5-9-11(23)13(25)15(27)17(29-9)19-7-3-1-2-4-8(7)20-18-16(28)14(26)12(24)10(6-22)30-18/h1-4,9-28H,5-6H2/t9-,10+,11-,12-,13-,14-,15+,16-,17-,18+/m0/s1. The van der Waals surface area contributed by atoms with Crippen LogP contribution in [0.2, 0.25) is 0 Å². The zero-order valence-corrected chi connectivity index (χ0v) is 15.9. The van der Waals surface area contributed by atoms with Crippen LogP contribution >= 0.6 is 0 Å². The number of nitrogens with one attached hydrogen (secondary N) is 2.